The number of hydrogen-bond donors (Lipinski definition) is 2. The Hall–Kier alpha value is -1.75. The monoisotopic (exact) mass is 292 g/mol. The molecule has 0 saturated carbocycles. The van der Waals surface area contributed by atoms with Crippen molar-refractivity contribution in [2.45, 2.75) is 45.3 Å². The molecule has 1 amide bonds. The van der Waals surface area contributed by atoms with Crippen LogP contribution in [0.5, 0.6) is 0 Å². The molecular weight excluding hydrogens is 268 g/mol. The van der Waals surface area contributed by atoms with Crippen molar-refractivity contribution in [1.82, 2.24) is 0 Å². The molecule has 0 aliphatic carbocycles. The molecule has 1 heterocycles. The van der Waals surface area contributed by atoms with E-state index in [1.54, 1.807) is 0 Å². The van der Waals surface area contributed by atoms with Crippen LogP contribution in [0.1, 0.15) is 33.6 Å². The molecule has 0 spiro atoms. The molecule has 5 heteroatoms. The zero-order valence-corrected chi connectivity index (χ0v) is 12.9. The number of rotatable bonds is 2. The Kier molecular flexibility index (Phi) is 4.73. The van der Waals surface area contributed by atoms with E-state index in [0.29, 0.717) is 5.69 Å². The van der Waals surface area contributed by atoms with Crippen molar-refractivity contribution in [1.29, 1.82) is 0 Å². The van der Waals surface area contributed by atoms with Crippen LogP contribution in [0.4, 0.5) is 16.2 Å². The van der Waals surface area contributed by atoms with Crippen molar-refractivity contribution < 1.29 is 14.6 Å². The van der Waals surface area contributed by atoms with Crippen LogP contribution in [-0.2, 0) is 4.74 Å². The summed E-state index contributed by atoms with van der Waals surface area (Å²) < 4.78 is 5.21. The Morgan fingerprint density at radius 3 is 2.33 bits per heavy atom. The van der Waals surface area contributed by atoms with Gasteiger partial charge in [0, 0.05) is 24.5 Å². The van der Waals surface area contributed by atoms with Crippen LogP contribution in [-0.4, -0.2) is 36.0 Å². The maximum atomic E-state index is 11.7. The molecule has 1 aromatic carbocycles. The summed E-state index contributed by atoms with van der Waals surface area (Å²) >= 11 is 0. The van der Waals surface area contributed by atoms with Crippen molar-refractivity contribution in [2.24, 2.45) is 0 Å². The lowest BCUT2D eigenvalue weighted by Crippen LogP contribution is -2.35. The number of nitrogens with zero attached hydrogens (tertiary/aromatic N) is 1. The molecule has 1 aromatic rings. The van der Waals surface area contributed by atoms with Gasteiger partial charge in [-0.25, -0.2) is 4.79 Å². The highest BCUT2D eigenvalue weighted by molar-refractivity contribution is 5.85. The molecule has 0 bridgehead atoms. The number of anilines is 2. The van der Waals surface area contributed by atoms with Gasteiger partial charge in [0.15, 0.2) is 0 Å². The topological polar surface area (TPSA) is 61.8 Å². The predicted molar refractivity (Wildman–Crippen MR) is 83.8 cm³/mol. The van der Waals surface area contributed by atoms with Gasteiger partial charge in [-0.3, -0.25) is 5.32 Å². The van der Waals surface area contributed by atoms with E-state index in [1.165, 1.54) is 0 Å². The number of aliphatic hydroxyl groups is 1. The van der Waals surface area contributed by atoms with Crippen LogP contribution in [0, 0.1) is 0 Å². The summed E-state index contributed by atoms with van der Waals surface area (Å²) in [4.78, 5) is 13.9. The summed E-state index contributed by atoms with van der Waals surface area (Å²) in [7, 11) is 0. The summed E-state index contributed by atoms with van der Waals surface area (Å²) in [6, 6.07) is 7.68. The lowest BCUT2D eigenvalue weighted by atomic mass is 10.1. The Bertz CT molecular complexity index is 471. The molecule has 1 saturated heterocycles. The van der Waals surface area contributed by atoms with E-state index in [2.05, 4.69) is 10.2 Å². The maximum absolute atomic E-state index is 11.7. The Balaban J connectivity index is 1.91. The zero-order chi connectivity index (χ0) is 15.5. The fourth-order valence-electron chi connectivity index (χ4n) is 2.30. The van der Waals surface area contributed by atoms with Gasteiger partial charge >= 0.3 is 6.09 Å². The number of carbonyl (C=O) groups is 1. The van der Waals surface area contributed by atoms with Crippen molar-refractivity contribution in [2.75, 3.05) is 23.3 Å². The molecule has 1 aliphatic rings. The second kappa shape index (κ2) is 6.35. The maximum Gasteiger partial charge on any atom is 0.412 e. The van der Waals surface area contributed by atoms with E-state index >= 15 is 0 Å². The predicted octanol–water partition coefficient (Wildman–Crippen LogP) is 2.99. The largest absolute Gasteiger partial charge is 0.444 e. The SMILES string of the molecule is CC(C)(C)OC(=O)Nc1ccc(N2CCC(O)CC2)cc1. The Morgan fingerprint density at radius 2 is 1.81 bits per heavy atom. The molecular formula is C16H24N2O3. The highest BCUT2D eigenvalue weighted by Crippen LogP contribution is 2.22. The zero-order valence-electron chi connectivity index (χ0n) is 12.9. The van der Waals surface area contributed by atoms with E-state index in [4.69, 9.17) is 4.74 Å². The first-order valence-corrected chi connectivity index (χ1v) is 7.36. The average molecular weight is 292 g/mol. The Labute approximate surface area is 125 Å². The third-order valence-electron chi connectivity index (χ3n) is 3.34. The molecule has 0 radical (unpaired) electrons. The van der Waals surface area contributed by atoms with Gasteiger partial charge in [0.25, 0.3) is 0 Å². The average Bonchev–Trinajstić information content (AvgIpc) is 2.38. The first-order chi connectivity index (χ1) is 9.83. The number of benzene rings is 1. The first kappa shape index (κ1) is 15.6. The highest BCUT2D eigenvalue weighted by Gasteiger charge is 2.18. The summed E-state index contributed by atoms with van der Waals surface area (Å²) in [5.74, 6) is 0. The second-order valence-electron chi connectivity index (χ2n) is 6.39. The van der Waals surface area contributed by atoms with E-state index in [-0.39, 0.29) is 6.10 Å². The van der Waals surface area contributed by atoms with Gasteiger partial charge in [-0.2, -0.15) is 0 Å². The minimum atomic E-state index is -0.501. The fraction of sp³-hybridized carbons (Fsp3) is 0.562. The minimum absolute atomic E-state index is 0.172. The van der Waals surface area contributed by atoms with Gasteiger partial charge in [0.05, 0.1) is 6.10 Å². The lowest BCUT2D eigenvalue weighted by Gasteiger charge is -2.31. The van der Waals surface area contributed by atoms with Gasteiger partial charge in [-0.15, -0.1) is 0 Å². The number of ether oxygens (including phenoxy) is 1. The smallest absolute Gasteiger partial charge is 0.412 e. The van der Waals surface area contributed by atoms with Crippen LogP contribution in [0.15, 0.2) is 24.3 Å². The number of amides is 1. The Morgan fingerprint density at radius 1 is 1.24 bits per heavy atom. The van der Waals surface area contributed by atoms with Crippen LogP contribution >= 0.6 is 0 Å². The first-order valence-electron chi connectivity index (χ1n) is 7.36. The van der Waals surface area contributed by atoms with Crippen molar-refractivity contribution in [3.63, 3.8) is 0 Å². The van der Waals surface area contributed by atoms with E-state index in [1.807, 2.05) is 45.0 Å². The number of carbonyl (C=O) groups excluding carboxylic acids is 1. The minimum Gasteiger partial charge on any atom is -0.444 e. The van der Waals surface area contributed by atoms with Crippen molar-refractivity contribution in [3.05, 3.63) is 24.3 Å². The molecule has 1 aliphatic heterocycles. The van der Waals surface area contributed by atoms with Crippen LogP contribution in [0.2, 0.25) is 0 Å². The van der Waals surface area contributed by atoms with Crippen LogP contribution < -0.4 is 10.2 Å². The standard InChI is InChI=1S/C16H24N2O3/c1-16(2,3)21-15(20)17-12-4-6-13(7-5-12)18-10-8-14(19)9-11-18/h4-7,14,19H,8-11H2,1-3H3,(H,17,20). The number of piperidine rings is 1. The molecule has 2 N–H and O–H groups in total. The molecule has 1 fully saturated rings. The lowest BCUT2D eigenvalue weighted by molar-refractivity contribution is 0.0636. The molecule has 21 heavy (non-hydrogen) atoms. The number of aliphatic hydroxyl groups excluding tert-OH is 1. The highest BCUT2D eigenvalue weighted by atomic mass is 16.6. The normalized spacial score (nSPS) is 16.7. The molecule has 0 aromatic heterocycles. The van der Waals surface area contributed by atoms with Crippen LogP contribution in [0.25, 0.3) is 0 Å². The van der Waals surface area contributed by atoms with Crippen molar-refractivity contribution >= 4 is 17.5 Å². The number of nitrogens with one attached hydrogen (secondary N) is 1. The quantitative estimate of drug-likeness (QED) is 0.879. The van der Waals surface area contributed by atoms with E-state index in [0.717, 1.165) is 31.6 Å². The van der Waals surface area contributed by atoms with Gasteiger partial charge < -0.3 is 14.7 Å². The van der Waals surface area contributed by atoms with Crippen molar-refractivity contribution in [3.8, 4) is 0 Å². The summed E-state index contributed by atoms with van der Waals surface area (Å²) in [6.45, 7) is 7.22. The molecule has 0 atom stereocenters. The third kappa shape index (κ3) is 4.93. The van der Waals surface area contributed by atoms with Gasteiger partial charge in [0.2, 0.25) is 0 Å². The van der Waals surface area contributed by atoms with Crippen LogP contribution in [0.3, 0.4) is 0 Å². The van der Waals surface area contributed by atoms with Gasteiger partial charge in [-0.05, 0) is 57.9 Å². The number of hydrogen-bond acceptors (Lipinski definition) is 4. The summed E-state index contributed by atoms with van der Waals surface area (Å²) in [6.07, 6.45) is 0.987. The summed E-state index contributed by atoms with van der Waals surface area (Å²) in [5.41, 5.74) is 1.32. The molecule has 0 unspecified atom stereocenters. The van der Waals surface area contributed by atoms with Gasteiger partial charge in [-0.1, -0.05) is 0 Å². The third-order valence-corrected chi connectivity index (χ3v) is 3.34. The summed E-state index contributed by atoms with van der Waals surface area (Å²) in [5, 5.41) is 12.2. The second-order valence-corrected chi connectivity index (χ2v) is 6.39. The van der Waals surface area contributed by atoms with E-state index < -0.39 is 11.7 Å². The molecule has 2 rings (SSSR count). The van der Waals surface area contributed by atoms with Gasteiger partial charge in [0.1, 0.15) is 5.60 Å². The fourth-order valence-corrected chi connectivity index (χ4v) is 2.30. The van der Waals surface area contributed by atoms with E-state index in [9.17, 15) is 9.90 Å². The molecule has 5 nitrogen and oxygen atoms in total. The molecule has 116 valence electrons.